The first-order valence-electron chi connectivity index (χ1n) is 5.95. The molecule has 0 saturated heterocycles. The Morgan fingerprint density at radius 1 is 1.27 bits per heavy atom. The molecule has 1 heterocycles. The topological polar surface area (TPSA) is 29.9 Å². The summed E-state index contributed by atoms with van der Waals surface area (Å²) in [4.78, 5) is 0. The molecule has 0 aliphatic carbocycles. The lowest BCUT2D eigenvalue weighted by molar-refractivity contribution is 0.606. The second kappa shape index (κ2) is 5.31. The lowest BCUT2D eigenvalue weighted by Crippen LogP contribution is -2.15. The quantitative estimate of drug-likeness (QED) is 0.806. The molecule has 1 aromatic heterocycles. The van der Waals surface area contributed by atoms with Crippen LogP contribution in [0.15, 0.2) is 0 Å². The van der Waals surface area contributed by atoms with Gasteiger partial charge in [0.15, 0.2) is 0 Å². The van der Waals surface area contributed by atoms with Crippen LogP contribution in [0.1, 0.15) is 50.7 Å². The van der Waals surface area contributed by atoms with Gasteiger partial charge in [-0.05, 0) is 33.7 Å². The van der Waals surface area contributed by atoms with Gasteiger partial charge in [-0.25, -0.2) is 0 Å². The van der Waals surface area contributed by atoms with Crippen molar-refractivity contribution in [3.05, 3.63) is 17.0 Å². The fraction of sp³-hybridized carbons (Fsp3) is 0.750. The molecule has 1 unspecified atom stereocenters. The van der Waals surface area contributed by atoms with Crippen molar-refractivity contribution in [3.8, 4) is 0 Å². The van der Waals surface area contributed by atoms with Crippen molar-refractivity contribution in [2.45, 2.75) is 53.1 Å². The third-order valence-corrected chi connectivity index (χ3v) is 3.01. The second-order valence-electron chi connectivity index (χ2n) is 3.84. The number of aromatic nitrogens is 2. The van der Waals surface area contributed by atoms with Crippen LogP contribution in [0.3, 0.4) is 0 Å². The fourth-order valence-corrected chi connectivity index (χ4v) is 2.11. The van der Waals surface area contributed by atoms with Gasteiger partial charge in [0, 0.05) is 23.8 Å². The summed E-state index contributed by atoms with van der Waals surface area (Å²) in [5, 5.41) is 7.98. The van der Waals surface area contributed by atoms with E-state index in [2.05, 4.69) is 42.8 Å². The Kier molecular flexibility index (Phi) is 4.33. The number of hydrogen-bond donors (Lipinski definition) is 1. The molecule has 1 N–H and O–H groups in total. The lowest BCUT2D eigenvalue weighted by Gasteiger charge is -2.13. The van der Waals surface area contributed by atoms with E-state index in [4.69, 9.17) is 0 Å². The van der Waals surface area contributed by atoms with Crippen LogP contribution in [0.2, 0.25) is 0 Å². The highest BCUT2D eigenvalue weighted by Crippen LogP contribution is 2.23. The Bertz CT molecular complexity index is 315. The van der Waals surface area contributed by atoms with Crippen LogP contribution in [0.4, 0.5) is 0 Å². The van der Waals surface area contributed by atoms with Crippen LogP contribution >= 0.6 is 0 Å². The summed E-state index contributed by atoms with van der Waals surface area (Å²) in [6, 6.07) is 0.398. The first kappa shape index (κ1) is 12.2. The minimum Gasteiger partial charge on any atom is -0.313 e. The molecular formula is C12H23N3. The summed E-state index contributed by atoms with van der Waals surface area (Å²) in [6.45, 7) is 9.70. The van der Waals surface area contributed by atoms with Crippen molar-refractivity contribution >= 4 is 0 Å². The van der Waals surface area contributed by atoms with Gasteiger partial charge in [0.05, 0.1) is 5.69 Å². The van der Waals surface area contributed by atoms with Crippen LogP contribution in [-0.2, 0) is 19.4 Å². The van der Waals surface area contributed by atoms with E-state index in [1.165, 1.54) is 17.0 Å². The molecular weight excluding hydrogens is 186 g/mol. The molecule has 0 radical (unpaired) electrons. The SMILES string of the molecule is CCc1nn(CC)c(CC)c1C(C)NC. The van der Waals surface area contributed by atoms with Gasteiger partial charge in [-0.15, -0.1) is 0 Å². The molecule has 0 bridgehead atoms. The molecule has 0 aliphatic heterocycles. The molecule has 0 aromatic carbocycles. The zero-order valence-electron chi connectivity index (χ0n) is 10.6. The Morgan fingerprint density at radius 2 is 1.93 bits per heavy atom. The van der Waals surface area contributed by atoms with E-state index < -0.39 is 0 Å². The van der Waals surface area contributed by atoms with Crippen LogP contribution in [0.25, 0.3) is 0 Å². The van der Waals surface area contributed by atoms with Crippen LogP contribution in [-0.4, -0.2) is 16.8 Å². The van der Waals surface area contributed by atoms with Crippen molar-refractivity contribution in [2.24, 2.45) is 0 Å². The van der Waals surface area contributed by atoms with Crippen molar-refractivity contribution in [1.29, 1.82) is 0 Å². The maximum absolute atomic E-state index is 4.66. The summed E-state index contributed by atoms with van der Waals surface area (Å²) in [5.74, 6) is 0. The van der Waals surface area contributed by atoms with Gasteiger partial charge >= 0.3 is 0 Å². The van der Waals surface area contributed by atoms with E-state index in [9.17, 15) is 0 Å². The van der Waals surface area contributed by atoms with Gasteiger partial charge in [-0.1, -0.05) is 13.8 Å². The zero-order chi connectivity index (χ0) is 11.4. The smallest absolute Gasteiger partial charge is 0.0672 e. The molecule has 86 valence electrons. The molecule has 3 heteroatoms. The van der Waals surface area contributed by atoms with Gasteiger partial charge in [0.2, 0.25) is 0 Å². The summed E-state index contributed by atoms with van der Waals surface area (Å²) < 4.78 is 2.14. The zero-order valence-corrected chi connectivity index (χ0v) is 10.6. The summed E-state index contributed by atoms with van der Waals surface area (Å²) in [6.07, 6.45) is 2.07. The third kappa shape index (κ3) is 2.23. The van der Waals surface area contributed by atoms with E-state index in [0.29, 0.717) is 6.04 Å². The highest BCUT2D eigenvalue weighted by atomic mass is 15.3. The number of nitrogens with zero attached hydrogens (tertiary/aromatic N) is 2. The van der Waals surface area contributed by atoms with Crippen molar-refractivity contribution in [1.82, 2.24) is 15.1 Å². The van der Waals surface area contributed by atoms with E-state index in [1.807, 2.05) is 7.05 Å². The largest absolute Gasteiger partial charge is 0.313 e. The van der Waals surface area contributed by atoms with E-state index in [-0.39, 0.29) is 0 Å². The molecule has 0 fully saturated rings. The molecule has 3 nitrogen and oxygen atoms in total. The number of aryl methyl sites for hydroxylation is 2. The molecule has 0 aliphatic rings. The monoisotopic (exact) mass is 209 g/mol. The normalized spacial score (nSPS) is 13.1. The van der Waals surface area contributed by atoms with Crippen LogP contribution in [0.5, 0.6) is 0 Å². The molecule has 0 saturated carbocycles. The average molecular weight is 209 g/mol. The molecule has 1 atom stereocenters. The maximum atomic E-state index is 4.66. The van der Waals surface area contributed by atoms with Gasteiger partial charge in [-0.3, -0.25) is 4.68 Å². The highest BCUT2D eigenvalue weighted by molar-refractivity contribution is 5.29. The standard InChI is InChI=1S/C12H23N3/c1-6-10-12(9(4)13-5)11(7-2)15(8-3)14-10/h9,13H,6-8H2,1-5H3. The second-order valence-corrected chi connectivity index (χ2v) is 3.84. The Labute approximate surface area is 92.9 Å². The Hall–Kier alpha value is -0.830. The highest BCUT2D eigenvalue weighted by Gasteiger charge is 2.18. The molecule has 1 rings (SSSR count). The van der Waals surface area contributed by atoms with Crippen LogP contribution in [0, 0.1) is 0 Å². The predicted octanol–water partition coefficient (Wildman–Crippen LogP) is 2.31. The summed E-state index contributed by atoms with van der Waals surface area (Å²) in [7, 11) is 2.01. The number of rotatable bonds is 5. The summed E-state index contributed by atoms with van der Waals surface area (Å²) >= 11 is 0. The fourth-order valence-electron chi connectivity index (χ4n) is 2.11. The van der Waals surface area contributed by atoms with Gasteiger partial charge < -0.3 is 5.32 Å². The number of hydrogen-bond acceptors (Lipinski definition) is 2. The number of nitrogens with one attached hydrogen (secondary N) is 1. The first-order valence-corrected chi connectivity index (χ1v) is 5.95. The third-order valence-electron chi connectivity index (χ3n) is 3.01. The van der Waals surface area contributed by atoms with Crippen molar-refractivity contribution < 1.29 is 0 Å². The molecule has 1 aromatic rings. The van der Waals surface area contributed by atoms with Gasteiger partial charge in [-0.2, -0.15) is 5.10 Å². The minimum absolute atomic E-state index is 0.398. The van der Waals surface area contributed by atoms with Gasteiger partial charge in [0.25, 0.3) is 0 Å². The molecule has 15 heavy (non-hydrogen) atoms. The molecule has 0 spiro atoms. The average Bonchev–Trinajstić information content (AvgIpc) is 2.65. The maximum Gasteiger partial charge on any atom is 0.0672 e. The minimum atomic E-state index is 0.398. The lowest BCUT2D eigenvalue weighted by atomic mass is 10.0. The van der Waals surface area contributed by atoms with Crippen molar-refractivity contribution in [2.75, 3.05) is 7.05 Å². The van der Waals surface area contributed by atoms with Crippen LogP contribution < -0.4 is 5.32 Å². The summed E-state index contributed by atoms with van der Waals surface area (Å²) in [5.41, 5.74) is 4.04. The van der Waals surface area contributed by atoms with Gasteiger partial charge in [0.1, 0.15) is 0 Å². The van der Waals surface area contributed by atoms with E-state index >= 15 is 0 Å². The Balaban J connectivity index is 3.24. The molecule has 0 amide bonds. The van der Waals surface area contributed by atoms with E-state index in [0.717, 1.165) is 19.4 Å². The van der Waals surface area contributed by atoms with Crippen molar-refractivity contribution in [3.63, 3.8) is 0 Å². The predicted molar refractivity (Wildman–Crippen MR) is 64.1 cm³/mol. The first-order chi connectivity index (χ1) is 7.19. The Morgan fingerprint density at radius 3 is 2.33 bits per heavy atom. The van der Waals surface area contributed by atoms with E-state index in [1.54, 1.807) is 0 Å².